The van der Waals surface area contributed by atoms with Gasteiger partial charge in [0.2, 0.25) is 0 Å². The molecule has 0 bridgehead atoms. The summed E-state index contributed by atoms with van der Waals surface area (Å²) in [7, 11) is 1.42. The summed E-state index contributed by atoms with van der Waals surface area (Å²) < 4.78 is 10.3. The van der Waals surface area contributed by atoms with E-state index in [2.05, 4.69) is 10.1 Å². The Kier molecular flexibility index (Phi) is 4.74. The molecule has 0 aliphatic rings. The van der Waals surface area contributed by atoms with Gasteiger partial charge in [0.15, 0.2) is 5.82 Å². The number of ether oxygens (including phenoxy) is 1. The number of methoxy groups -OCH3 is 1. The second-order valence-electron chi connectivity index (χ2n) is 4.36. The van der Waals surface area contributed by atoms with Crippen LogP contribution in [-0.4, -0.2) is 22.2 Å². The zero-order valence-corrected chi connectivity index (χ0v) is 12.3. The Hall–Kier alpha value is -2.15. The van der Waals surface area contributed by atoms with Crippen molar-refractivity contribution in [3.05, 3.63) is 34.1 Å². The lowest BCUT2D eigenvalue weighted by Crippen LogP contribution is -1.94. The van der Waals surface area contributed by atoms with Gasteiger partial charge >= 0.3 is 0 Å². The van der Waals surface area contributed by atoms with Crippen LogP contribution in [0.1, 0.15) is 31.0 Å². The first-order valence-corrected chi connectivity index (χ1v) is 6.81. The van der Waals surface area contributed by atoms with Crippen molar-refractivity contribution in [3.63, 3.8) is 0 Å². The molecule has 0 saturated heterocycles. The van der Waals surface area contributed by atoms with Crippen molar-refractivity contribution < 1.29 is 14.2 Å². The number of aromatic nitrogens is 2. The second-order valence-corrected chi connectivity index (χ2v) is 4.88. The first-order valence-electron chi connectivity index (χ1n) is 6.37. The molecule has 1 aromatic heterocycles. The molecule has 8 heteroatoms. The predicted molar refractivity (Wildman–Crippen MR) is 76.4 cm³/mol. The predicted octanol–water partition coefficient (Wildman–Crippen LogP) is 3.73. The summed E-state index contributed by atoms with van der Waals surface area (Å²) >= 11 is 6.14. The van der Waals surface area contributed by atoms with E-state index in [1.807, 2.05) is 6.92 Å². The van der Waals surface area contributed by atoms with Crippen molar-refractivity contribution in [2.24, 2.45) is 0 Å². The highest BCUT2D eigenvalue weighted by atomic mass is 35.5. The maximum absolute atomic E-state index is 10.8. The van der Waals surface area contributed by atoms with Gasteiger partial charge < -0.3 is 9.26 Å². The number of nitro benzene ring substituents is 1. The molecule has 0 fully saturated rings. The summed E-state index contributed by atoms with van der Waals surface area (Å²) in [6.07, 6.45) is 1.64. The molecule has 21 heavy (non-hydrogen) atoms. The van der Waals surface area contributed by atoms with E-state index in [0.29, 0.717) is 17.1 Å². The summed E-state index contributed by atoms with van der Waals surface area (Å²) in [6.45, 7) is 2.01. The van der Waals surface area contributed by atoms with Gasteiger partial charge in [0.1, 0.15) is 5.75 Å². The van der Waals surface area contributed by atoms with Crippen molar-refractivity contribution in [2.45, 2.75) is 25.1 Å². The molecule has 2 aromatic rings. The Morgan fingerprint density at radius 3 is 2.90 bits per heavy atom. The zero-order chi connectivity index (χ0) is 15.4. The molecule has 0 saturated carbocycles. The van der Waals surface area contributed by atoms with E-state index in [1.54, 1.807) is 0 Å². The van der Waals surface area contributed by atoms with E-state index < -0.39 is 4.92 Å². The highest BCUT2D eigenvalue weighted by Crippen LogP contribution is 2.33. The highest BCUT2D eigenvalue weighted by molar-refractivity contribution is 6.20. The van der Waals surface area contributed by atoms with Crippen LogP contribution < -0.4 is 4.74 Å². The molecule has 1 unspecified atom stereocenters. The number of halogens is 1. The van der Waals surface area contributed by atoms with Crippen LogP contribution in [0.3, 0.4) is 0 Å². The van der Waals surface area contributed by atoms with Crippen LogP contribution in [0.2, 0.25) is 0 Å². The fourth-order valence-corrected chi connectivity index (χ4v) is 2.13. The molecule has 112 valence electrons. The number of nitrogens with zero attached hydrogens (tertiary/aromatic N) is 3. The van der Waals surface area contributed by atoms with Crippen LogP contribution in [0.25, 0.3) is 11.5 Å². The molecule has 0 N–H and O–H groups in total. The van der Waals surface area contributed by atoms with Gasteiger partial charge in [-0.05, 0) is 12.5 Å². The Bertz CT molecular complexity index is 644. The fourth-order valence-electron chi connectivity index (χ4n) is 1.82. The summed E-state index contributed by atoms with van der Waals surface area (Å²) in [5, 5.41) is 14.3. The molecular weight excluding hydrogens is 298 g/mol. The molecular formula is C13H14ClN3O4. The maximum atomic E-state index is 10.8. The standard InChI is InChI=1S/C13H14ClN3O4/c1-3-4-10(14)12-15-13(21-16-12)9-6-5-8(17(18)19)7-11(9)20-2/h5-7,10H,3-4H2,1-2H3. The molecule has 1 aromatic carbocycles. The lowest BCUT2D eigenvalue weighted by molar-refractivity contribution is -0.384. The maximum Gasteiger partial charge on any atom is 0.273 e. The molecule has 0 amide bonds. The monoisotopic (exact) mass is 311 g/mol. The molecule has 0 aliphatic carbocycles. The number of benzene rings is 1. The molecule has 2 rings (SSSR count). The van der Waals surface area contributed by atoms with Gasteiger partial charge in [0.25, 0.3) is 11.6 Å². The van der Waals surface area contributed by atoms with Gasteiger partial charge in [-0.15, -0.1) is 11.6 Å². The van der Waals surface area contributed by atoms with Crippen LogP contribution in [0, 0.1) is 10.1 Å². The average molecular weight is 312 g/mol. The first kappa shape index (κ1) is 15.2. The minimum absolute atomic E-state index is 0.0726. The lowest BCUT2D eigenvalue weighted by Gasteiger charge is -2.04. The summed E-state index contributed by atoms with van der Waals surface area (Å²) in [6, 6.07) is 4.17. The SMILES string of the molecule is CCCC(Cl)c1noc(-c2ccc([N+](=O)[O-])cc2OC)n1. The largest absolute Gasteiger partial charge is 0.496 e. The van der Waals surface area contributed by atoms with Crippen molar-refractivity contribution in [2.75, 3.05) is 7.11 Å². The number of nitro groups is 1. The second kappa shape index (κ2) is 6.53. The van der Waals surface area contributed by atoms with Gasteiger partial charge in [0.05, 0.1) is 29.0 Å². The molecule has 0 aliphatic heterocycles. The molecule has 1 atom stereocenters. The Balaban J connectivity index is 2.35. The van der Waals surface area contributed by atoms with Crippen molar-refractivity contribution in [1.82, 2.24) is 10.1 Å². The van der Waals surface area contributed by atoms with Gasteiger partial charge in [-0.1, -0.05) is 18.5 Å². The number of non-ortho nitro benzene ring substituents is 1. The molecule has 1 heterocycles. The first-order chi connectivity index (χ1) is 10.1. The van der Waals surface area contributed by atoms with E-state index in [4.69, 9.17) is 20.9 Å². The van der Waals surface area contributed by atoms with Crippen molar-refractivity contribution >= 4 is 17.3 Å². The highest BCUT2D eigenvalue weighted by Gasteiger charge is 2.20. The Morgan fingerprint density at radius 1 is 1.52 bits per heavy atom. The third-order valence-electron chi connectivity index (χ3n) is 2.89. The van der Waals surface area contributed by atoms with Gasteiger partial charge in [-0.2, -0.15) is 4.98 Å². The molecule has 0 spiro atoms. The van der Waals surface area contributed by atoms with Crippen molar-refractivity contribution in [1.29, 1.82) is 0 Å². The van der Waals surface area contributed by atoms with E-state index in [9.17, 15) is 10.1 Å². The molecule has 7 nitrogen and oxygen atoms in total. The van der Waals surface area contributed by atoms with Gasteiger partial charge in [-0.3, -0.25) is 10.1 Å². The van der Waals surface area contributed by atoms with Gasteiger partial charge in [-0.25, -0.2) is 0 Å². The Labute approximate surface area is 126 Å². The van der Waals surface area contributed by atoms with Crippen LogP contribution in [0.4, 0.5) is 5.69 Å². The minimum Gasteiger partial charge on any atom is -0.496 e. The number of rotatable bonds is 6. The normalized spacial score (nSPS) is 12.1. The molecule has 0 radical (unpaired) electrons. The van der Waals surface area contributed by atoms with E-state index in [0.717, 1.165) is 12.8 Å². The Morgan fingerprint density at radius 2 is 2.29 bits per heavy atom. The quantitative estimate of drug-likeness (QED) is 0.458. The summed E-state index contributed by atoms with van der Waals surface area (Å²) in [5.41, 5.74) is 0.416. The van der Waals surface area contributed by atoms with Crippen LogP contribution in [0.15, 0.2) is 22.7 Å². The zero-order valence-electron chi connectivity index (χ0n) is 11.6. The van der Waals surface area contributed by atoms with Crippen LogP contribution >= 0.6 is 11.6 Å². The smallest absolute Gasteiger partial charge is 0.273 e. The third-order valence-corrected chi connectivity index (χ3v) is 3.30. The van der Waals surface area contributed by atoms with Crippen LogP contribution in [0.5, 0.6) is 5.75 Å². The average Bonchev–Trinajstić information content (AvgIpc) is 2.96. The van der Waals surface area contributed by atoms with Crippen molar-refractivity contribution in [3.8, 4) is 17.2 Å². The number of alkyl halides is 1. The third kappa shape index (κ3) is 3.30. The number of hydrogen-bond donors (Lipinski definition) is 0. The topological polar surface area (TPSA) is 91.3 Å². The van der Waals surface area contributed by atoms with E-state index in [1.165, 1.54) is 25.3 Å². The lowest BCUT2D eigenvalue weighted by atomic mass is 10.2. The summed E-state index contributed by atoms with van der Waals surface area (Å²) in [5.74, 6) is 0.911. The van der Waals surface area contributed by atoms with Crippen LogP contribution in [-0.2, 0) is 0 Å². The summed E-state index contributed by atoms with van der Waals surface area (Å²) in [4.78, 5) is 14.5. The number of hydrogen-bond acceptors (Lipinski definition) is 6. The van der Waals surface area contributed by atoms with E-state index in [-0.39, 0.29) is 17.0 Å². The minimum atomic E-state index is -0.498. The fraction of sp³-hybridized carbons (Fsp3) is 0.385. The van der Waals surface area contributed by atoms with E-state index >= 15 is 0 Å². The van der Waals surface area contributed by atoms with Gasteiger partial charge in [0, 0.05) is 6.07 Å².